The second kappa shape index (κ2) is 6.99. The van der Waals surface area contributed by atoms with Gasteiger partial charge in [-0.15, -0.1) is 5.10 Å². The van der Waals surface area contributed by atoms with Crippen LogP contribution in [-0.4, -0.2) is 32.3 Å². The predicted octanol–water partition coefficient (Wildman–Crippen LogP) is 2.57. The van der Waals surface area contributed by atoms with Crippen LogP contribution in [0, 0.1) is 13.8 Å². The van der Waals surface area contributed by atoms with Crippen LogP contribution >= 0.6 is 0 Å². The van der Waals surface area contributed by atoms with Gasteiger partial charge in [-0.3, -0.25) is 0 Å². The van der Waals surface area contributed by atoms with E-state index in [0.717, 1.165) is 22.7 Å². The lowest BCUT2D eigenvalue weighted by atomic mass is 10.1. The molecule has 0 saturated carbocycles. The molecule has 0 radical (unpaired) electrons. The normalized spacial score (nSPS) is 10.5. The van der Waals surface area contributed by atoms with Gasteiger partial charge in [0, 0.05) is 17.0 Å². The van der Waals surface area contributed by atoms with Crippen molar-refractivity contribution in [1.82, 2.24) is 25.1 Å². The Bertz CT molecular complexity index is 832. The van der Waals surface area contributed by atoms with Gasteiger partial charge in [0.25, 0.3) is 0 Å². The predicted molar refractivity (Wildman–Crippen MR) is 90.6 cm³/mol. The number of nitrogens with zero attached hydrogens (tertiary/aromatic N) is 5. The molecule has 0 aliphatic carbocycles. The van der Waals surface area contributed by atoms with Crippen molar-refractivity contribution in [1.29, 1.82) is 0 Å². The zero-order chi connectivity index (χ0) is 16.9. The van der Waals surface area contributed by atoms with Crippen LogP contribution in [0.1, 0.15) is 17.2 Å². The number of ether oxygens (including phenoxy) is 1. The van der Waals surface area contributed by atoms with Gasteiger partial charge in [-0.2, -0.15) is 5.10 Å². The van der Waals surface area contributed by atoms with E-state index in [1.54, 1.807) is 13.3 Å². The molecule has 7 heteroatoms. The van der Waals surface area contributed by atoms with E-state index in [1.165, 1.54) is 0 Å². The molecule has 1 N–H and O–H groups in total. The number of hydrogen-bond acceptors (Lipinski definition) is 7. The van der Waals surface area contributed by atoms with Gasteiger partial charge in [-0.25, -0.2) is 15.0 Å². The quantitative estimate of drug-likeness (QED) is 0.772. The molecule has 0 aliphatic heterocycles. The third-order valence-corrected chi connectivity index (χ3v) is 3.36. The Morgan fingerprint density at radius 3 is 2.58 bits per heavy atom. The summed E-state index contributed by atoms with van der Waals surface area (Å²) in [6, 6.07) is 9.58. The van der Waals surface area contributed by atoms with Crippen molar-refractivity contribution < 1.29 is 4.74 Å². The van der Waals surface area contributed by atoms with E-state index in [9.17, 15) is 0 Å². The summed E-state index contributed by atoms with van der Waals surface area (Å²) in [5.74, 6) is 1.89. The molecule has 0 spiro atoms. The van der Waals surface area contributed by atoms with E-state index in [-0.39, 0.29) is 0 Å². The Kier molecular flexibility index (Phi) is 4.60. The van der Waals surface area contributed by atoms with Gasteiger partial charge in [0.15, 0.2) is 0 Å². The first kappa shape index (κ1) is 15.8. The summed E-state index contributed by atoms with van der Waals surface area (Å²) in [6.45, 7) is 4.32. The van der Waals surface area contributed by atoms with E-state index in [2.05, 4.69) is 30.5 Å². The molecular formula is C17H18N6O. The Morgan fingerprint density at radius 2 is 1.83 bits per heavy atom. The lowest BCUT2D eigenvalue weighted by Crippen LogP contribution is -2.09. The lowest BCUT2D eigenvalue weighted by molar-refractivity contribution is 0.415. The zero-order valence-corrected chi connectivity index (χ0v) is 13.8. The average Bonchev–Trinajstić information content (AvgIpc) is 2.59. The molecule has 2 heterocycles. The summed E-state index contributed by atoms with van der Waals surface area (Å²) in [4.78, 5) is 13.3. The van der Waals surface area contributed by atoms with Gasteiger partial charge in [-0.1, -0.05) is 12.1 Å². The minimum Gasteiger partial charge on any atom is -0.497 e. The molecule has 0 bridgehead atoms. The van der Waals surface area contributed by atoms with Crippen LogP contribution in [0.3, 0.4) is 0 Å². The monoisotopic (exact) mass is 322 g/mol. The number of aromatic nitrogens is 5. The molecule has 0 saturated heterocycles. The summed E-state index contributed by atoms with van der Waals surface area (Å²) in [5, 5.41) is 11.1. The van der Waals surface area contributed by atoms with Crippen molar-refractivity contribution in [3.63, 3.8) is 0 Å². The number of anilines is 1. The van der Waals surface area contributed by atoms with Gasteiger partial charge in [0.05, 0.1) is 25.5 Å². The first-order valence-electron chi connectivity index (χ1n) is 7.53. The van der Waals surface area contributed by atoms with Crippen LogP contribution < -0.4 is 10.1 Å². The van der Waals surface area contributed by atoms with Gasteiger partial charge in [-0.05, 0) is 32.0 Å². The zero-order valence-electron chi connectivity index (χ0n) is 13.8. The Balaban J connectivity index is 1.77. The van der Waals surface area contributed by atoms with Crippen molar-refractivity contribution in [2.45, 2.75) is 20.4 Å². The summed E-state index contributed by atoms with van der Waals surface area (Å²) in [7, 11) is 1.63. The summed E-state index contributed by atoms with van der Waals surface area (Å²) in [6.07, 6.45) is 1.62. The van der Waals surface area contributed by atoms with Crippen LogP contribution in [-0.2, 0) is 6.54 Å². The highest BCUT2D eigenvalue weighted by Gasteiger charge is 2.06. The van der Waals surface area contributed by atoms with Crippen LogP contribution in [0.15, 0.2) is 36.5 Å². The summed E-state index contributed by atoms with van der Waals surface area (Å²) >= 11 is 0. The molecule has 0 atom stereocenters. The molecule has 0 aliphatic rings. The second-order valence-corrected chi connectivity index (χ2v) is 5.32. The Morgan fingerprint density at radius 1 is 1.04 bits per heavy atom. The summed E-state index contributed by atoms with van der Waals surface area (Å²) < 4.78 is 5.24. The Hall–Kier alpha value is -3.09. The standard InChI is InChI=1S/C17H18N6O/c1-11-7-12(2)21-16(20-11)10-18-17-22-15(9-19-23-17)13-5-4-6-14(8-13)24-3/h4-9H,10H2,1-3H3,(H,18,22,23). The van der Waals surface area contributed by atoms with Gasteiger partial charge in [0.2, 0.25) is 5.95 Å². The first-order chi connectivity index (χ1) is 11.6. The molecular weight excluding hydrogens is 304 g/mol. The maximum absolute atomic E-state index is 5.24. The molecule has 0 amide bonds. The van der Waals surface area contributed by atoms with E-state index >= 15 is 0 Å². The van der Waals surface area contributed by atoms with Crippen molar-refractivity contribution in [3.05, 3.63) is 53.7 Å². The second-order valence-electron chi connectivity index (χ2n) is 5.32. The van der Waals surface area contributed by atoms with Crippen LogP contribution in [0.2, 0.25) is 0 Å². The van der Waals surface area contributed by atoms with E-state index in [4.69, 9.17) is 4.74 Å². The highest BCUT2D eigenvalue weighted by Crippen LogP contribution is 2.21. The highest BCUT2D eigenvalue weighted by molar-refractivity contribution is 5.61. The molecule has 24 heavy (non-hydrogen) atoms. The topological polar surface area (TPSA) is 85.7 Å². The van der Waals surface area contributed by atoms with E-state index in [1.807, 2.05) is 44.2 Å². The largest absolute Gasteiger partial charge is 0.497 e. The van der Waals surface area contributed by atoms with Crippen molar-refractivity contribution in [2.24, 2.45) is 0 Å². The smallest absolute Gasteiger partial charge is 0.243 e. The molecule has 2 aromatic heterocycles. The van der Waals surface area contributed by atoms with E-state index < -0.39 is 0 Å². The van der Waals surface area contributed by atoms with E-state index in [0.29, 0.717) is 24.0 Å². The molecule has 0 fully saturated rings. The molecule has 3 rings (SSSR count). The Labute approximate surface area is 140 Å². The fraction of sp³-hybridized carbons (Fsp3) is 0.235. The minimum absolute atomic E-state index is 0.429. The third-order valence-electron chi connectivity index (χ3n) is 3.36. The van der Waals surface area contributed by atoms with Crippen LogP contribution in [0.25, 0.3) is 11.3 Å². The SMILES string of the molecule is COc1cccc(-c2cnnc(NCc3nc(C)cc(C)n3)n2)c1. The number of nitrogens with one attached hydrogen (secondary N) is 1. The molecule has 3 aromatic rings. The minimum atomic E-state index is 0.429. The maximum atomic E-state index is 5.24. The van der Waals surface area contributed by atoms with Crippen molar-refractivity contribution >= 4 is 5.95 Å². The molecule has 7 nitrogen and oxygen atoms in total. The number of benzene rings is 1. The molecule has 122 valence electrons. The summed E-state index contributed by atoms with van der Waals surface area (Å²) in [5.41, 5.74) is 3.50. The highest BCUT2D eigenvalue weighted by atomic mass is 16.5. The number of methoxy groups -OCH3 is 1. The third kappa shape index (κ3) is 3.81. The number of rotatable bonds is 5. The fourth-order valence-electron chi connectivity index (χ4n) is 2.34. The molecule has 0 unspecified atom stereocenters. The first-order valence-corrected chi connectivity index (χ1v) is 7.53. The van der Waals surface area contributed by atoms with Gasteiger partial charge < -0.3 is 10.1 Å². The lowest BCUT2D eigenvalue weighted by Gasteiger charge is -2.07. The molecule has 1 aromatic carbocycles. The maximum Gasteiger partial charge on any atom is 0.243 e. The average molecular weight is 322 g/mol. The van der Waals surface area contributed by atoms with Gasteiger partial charge >= 0.3 is 0 Å². The fourth-order valence-corrected chi connectivity index (χ4v) is 2.34. The number of aryl methyl sites for hydroxylation is 2. The van der Waals surface area contributed by atoms with Crippen LogP contribution in [0.5, 0.6) is 5.75 Å². The van der Waals surface area contributed by atoms with Crippen LogP contribution in [0.4, 0.5) is 5.95 Å². The van der Waals surface area contributed by atoms with Crippen molar-refractivity contribution in [3.8, 4) is 17.0 Å². The van der Waals surface area contributed by atoms with Gasteiger partial charge in [0.1, 0.15) is 11.6 Å². The van der Waals surface area contributed by atoms with Crippen molar-refractivity contribution in [2.75, 3.05) is 12.4 Å². The number of hydrogen-bond donors (Lipinski definition) is 1.